The van der Waals surface area contributed by atoms with Gasteiger partial charge in [0.2, 0.25) is 11.8 Å². The van der Waals surface area contributed by atoms with Crippen molar-refractivity contribution in [1.29, 1.82) is 0 Å². The zero-order chi connectivity index (χ0) is 15.5. The second kappa shape index (κ2) is 6.24. The average Bonchev–Trinajstić information content (AvgIpc) is 2.57. The van der Waals surface area contributed by atoms with Crippen LogP contribution in [0.4, 0.5) is 0 Å². The van der Waals surface area contributed by atoms with E-state index in [2.05, 4.69) is 10.3 Å². The molecule has 0 aliphatic carbocycles. The second-order valence-electron chi connectivity index (χ2n) is 6.55. The lowest BCUT2D eigenvalue weighted by atomic mass is 9.86. The van der Waals surface area contributed by atoms with Crippen LogP contribution in [0.3, 0.4) is 0 Å². The van der Waals surface area contributed by atoms with Crippen LogP contribution < -0.4 is 5.32 Å². The number of pyridine rings is 1. The highest BCUT2D eigenvalue weighted by molar-refractivity contribution is 5.90. The maximum atomic E-state index is 12.7. The van der Waals surface area contributed by atoms with Gasteiger partial charge in [-0.1, -0.05) is 20.8 Å². The highest BCUT2D eigenvalue weighted by atomic mass is 16.2. The van der Waals surface area contributed by atoms with E-state index >= 15 is 0 Å². The molecule has 1 unspecified atom stereocenters. The first-order valence-electron chi connectivity index (χ1n) is 7.35. The van der Waals surface area contributed by atoms with Crippen molar-refractivity contribution in [2.45, 2.75) is 39.7 Å². The lowest BCUT2D eigenvalue weighted by Gasteiger charge is -2.32. The normalized spacial score (nSPS) is 20.1. The second-order valence-corrected chi connectivity index (χ2v) is 6.55. The molecule has 1 atom stereocenters. The first kappa shape index (κ1) is 15.5. The van der Waals surface area contributed by atoms with Crippen molar-refractivity contribution in [3.8, 4) is 0 Å². The van der Waals surface area contributed by atoms with Crippen molar-refractivity contribution < 1.29 is 9.59 Å². The topological polar surface area (TPSA) is 62.3 Å². The number of carbonyl (C=O) groups excluding carboxylic acids is 2. The predicted octanol–water partition coefficient (Wildman–Crippen LogP) is 1.39. The summed E-state index contributed by atoms with van der Waals surface area (Å²) < 4.78 is 0. The minimum Gasteiger partial charge on any atom is -0.344 e. The standard InChI is InChI=1S/C16H23N3O2/c1-16(2,3)14-15(21)19(11-7-13(20)18-14)10-6-12-4-8-17-9-5-12/h4-5,8-9,14H,6-7,10-11H2,1-3H3,(H,18,20). The van der Waals surface area contributed by atoms with E-state index in [4.69, 9.17) is 0 Å². The van der Waals surface area contributed by atoms with Gasteiger partial charge in [0.1, 0.15) is 6.04 Å². The number of hydrogen-bond acceptors (Lipinski definition) is 3. The van der Waals surface area contributed by atoms with E-state index in [9.17, 15) is 9.59 Å². The van der Waals surface area contributed by atoms with Gasteiger partial charge < -0.3 is 10.2 Å². The summed E-state index contributed by atoms with van der Waals surface area (Å²) in [6, 6.07) is 3.45. The first-order chi connectivity index (χ1) is 9.88. The first-order valence-corrected chi connectivity index (χ1v) is 7.35. The van der Waals surface area contributed by atoms with Crippen LogP contribution in [0.2, 0.25) is 0 Å². The third-order valence-corrected chi connectivity index (χ3v) is 3.76. The molecule has 1 aliphatic heterocycles. The Morgan fingerprint density at radius 3 is 2.57 bits per heavy atom. The summed E-state index contributed by atoms with van der Waals surface area (Å²) in [6.07, 6.45) is 4.65. The summed E-state index contributed by atoms with van der Waals surface area (Å²) in [4.78, 5) is 30.3. The van der Waals surface area contributed by atoms with E-state index in [1.807, 2.05) is 32.9 Å². The predicted molar refractivity (Wildman–Crippen MR) is 80.5 cm³/mol. The molecule has 1 saturated heterocycles. The van der Waals surface area contributed by atoms with Gasteiger partial charge in [-0.05, 0) is 29.5 Å². The van der Waals surface area contributed by atoms with Gasteiger partial charge in [-0.3, -0.25) is 14.6 Å². The van der Waals surface area contributed by atoms with Crippen LogP contribution in [0.5, 0.6) is 0 Å². The van der Waals surface area contributed by atoms with Gasteiger partial charge in [0, 0.05) is 31.9 Å². The molecule has 2 heterocycles. The summed E-state index contributed by atoms with van der Waals surface area (Å²) in [5, 5.41) is 2.86. The minimum absolute atomic E-state index is 0.0161. The molecule has 1 N–H and O–H groups in total. The molecule has 0 radical (unpaired) electrons. The Morgan fingerprint density at radius 2 is 1.95 bits per heavy atom. The number of aromatic nitrogens is 1. The molecule has 1 aromatic heterocycles. The minimum atomic E-state index is -0.454. The zero-order valence-corrected chi connectivity index (χ0v) is 12.9. The molecule has 1 aliphatic rings. The Morgan fingerprint density at radius 1 is 1.29 bits per heavy atom. The Hall–Kier alpha value is -1.91. The molecule has 21 heavy (non-hydrogen) atoms. The fourth-order valence-electron chi connectivity index (χ4n) is 2.45. The van der Waals surface area contributed by atoms with Gasteiger partial charge in [-0.25, -0.2) is 0 Å². The van der Waals surface area contributed by atoms with E-state index in [1.165, 1.54) is 0 Å². The highest BCUT2D eigenvalue weighted by Crippen LogP contribution is 2.23. The van der Waals surface area contributed by atoms with Crippen molar-refractivity contribution in [3.05, 3.63) is 30.1 Å². The molecule has 5 heteroatoms. The lowest BCUT2D eigenvalue weighted by molar-refractivity contribution is -0.136. The Balaban J connectivity index is 2.07. The average molecular weight is 289 g/mol. The van der Waals surface area contributed by atoms with Gasteiger partial charge in [-0.15, -0.1) is 0 Å². The van der Waals surface area contributed by atoms with E-state index in [0.717, 1.165) is 12.0 Å². The van der Waals surface area contributed by atoms with Crippen LogP contribution in [0.1, 0.15) is 32.8 Å². The molecule has 114 valence electrons. The van der Waals surface area contributed by atoms with Crippen molar-refractivity contribution >= 4 is 11.8 Å². The fourth-order valence-corrected chi connectivity index (χ4v) is 2.45. The highest BCUT2D eigenvalue weighted by Gasteiger charge is 2.37. The van der Waals surface area contributed by atoms with Crippen molar-refractivity contribution in [3.63, 3.8) is 0 Å². The van der Waals surface area contributed by atoms with Crippen molar-refractivity contribution in [2.75, 3.05) is 13.1 Å². The molecule has 1 aromatic rings. The molecule has 0 spiro atoms. The molecule has 1 fully saturated rings. The monoisotopic (exact) mass is 289 g/mol. The van der Waals surface area contributed by atoms with Crippen LogP contribution in [0, 0.1) is 5.41 Å². The van der Waals surface area contributed by atoms with Crippen molar-refractivity contribution in [2.24, 2.45) is 5.41 Å². The number of rotatable bonds is 3. The number of hydrogen-bond donors (Lipinski definition) is 1. The van der Waals surface area contributed by atoms with Gasteiger partial charge in [-0.2, -0.15) is 0 Å². The number of nitrogens with zero attached hydrogens (tertiary/aromatic N) is 2. The SMILES string of the molecule is CC(C)(C)C1NC(=O)CCN(CCc2ccncc2)C1=O. The number of carbonyl (C=O) groups is 2. The van der Waals surface area contributed by atoms with Gasteiger partial charge in [0.25, 0.3) is 0 Å². The quantitative estimate of drug-likeness (QED) is 0.914. The smallest absolute Gasteiger partial charge is 0.245 e. The van der Waals surface area contributed by atoms with Gasteiger partial charge in [0.15, 0.2) is 0 Å². The largest absolute Gasteiger partial charge is 0.344 e. The van der Waals surface area contributed by atoms with E-state index < -0.39 is 6.04 Å². The molecule has 0 aromatic carbocycles. The maximum Gasteiger partial charge on any atom is 0.245 e. The summed E-state index contributed by atoms with van der Waals surface area (Å²) in [5.74, 6) is -0.0305. The maximum absolute atomic E-state index is 12.7. The summed E-state index contributed by atoms with van der Waals surface area (Å²) in [6.45, 7) is 7.04. The molecule has 0 bridgehead atoms. The van der Waals surface area contributed by atoms with E-state index in [0.29, 0.717) is 19.5 Å². The Bertz CT molecular complexity index is 508. The van der Waals surface area contributed by atoms with Crippen molar-refractivity contribution in [1.82, 2.24) is 15.2 Å². The zero-order valence-electron chi connectivity index (χ0n) is 12.9. The summed E-state index contributed by atoms with van der Waals surface area (Å²) >= 11 is 0. The molecular formula is C16H23N3O2. The van der Waals surface area contributed by atoms with Crippen LogP contribution in [0.25, 0.3) is 0 Å². The van der Waals surface area contributed by atoms with Crippen LogP contribution in [-0.4, -0.2) is 40.8 Å². The fraction of sp³-hybridized carbons (Fsp3) is 0.562. The molecule has 2 amide bonds. The van der Waals surface area contributed by atoms with Gasteiger partial charge in [0.05, 0.1) is 0 Å². The van der Waals surface area contributed by atoms with Crippen LogP contribution in [0.15, 0.2) is 24.5 Å². The van der Waals surface area contributed by atoms with E-state index in [1.54, 1.807) is 17.3 Å². The third kappa shape index (κ3) is 4.03. The van der Waals surface area contributed by atoms with Crippen LogP contribution >= 0.6 is 0 Å². The molecular weight excluding hydrogens is 266 g/mol. The van der Waals surface area contributed by atoms with Gasteiger partial charge >= 0.3 is 0 Å². The van der Waals surface area contributed by atoms with Crippen LogP contribution in [-0.2, 0) is 16.0 Å². The third-order valence-electron chi connectivity index (χ3n) is 3.76. The van der Waals surface area contributed by atoms with E-state index in [-0.39, 0.29) is 17.2 Å². The molecule has 0 saturated carbocycles. The summed E-state index contributed by atoms with van der Waals surface area (Å²) in [5.41, 5.74) is 0.861. The Kier molecular flexibility index (Phi) is 4.60. The molecule has 2 rings (SSSR count). The Labute approximate surface area is 125 Å². The molecule has 5 nitrogen and oxygen atoms in total. The summed E-state index contributed by atoms with van der Waals surface area (Å²) in [7, 11) is 0. The number of nitrogens with one attached hydrogen (secondary N) is 1. The number of amides is 2. The lowest BCUT2D eigenvalue weighted by Crippen LogP contribution is -2.52.